The van der Waals surface area contributed by atoms with Crippen molar-refractivity contribution in [2.45, 2.75) is 32.1 Å². The standard InChI is InChI=1S/C14H17Cl3O3S/c15-11-5-4-6-12(13(11)16)20-9-14(10-21(17,18)19)7-2-1-3-8-14/h4-6H,1-3,7-10H2. The summed E-state index contributed by atoms with van der Waals surface area (Å²) in [6, 6.07) is 5.14. The Balaban J connectivity index is 2.14. The molecular weight excluding hydrogens is 355 g/mol. The van der Waals surface area contributed by atoms with Crippen LogP contribution in [0.1, 0.15) is 32.1 Å². The van der Waals surface area contributed by atoms with E-state index in [4.69, 9.17) is 38.6 Å². The molecule has 0 atom stereocenters. The minimum Gasteiger partial charge on any atom is -0.491 e. The van der Waals surface area contributed by atoms with E-state index in [9.17, 15) is 8.42 Å². The van der Waals surface area contributed by atoms with Gasteiger partial charge in [0.25, 0.3) is 0 Å². The van der Waals surface area contributed by atoms with E-state index in [1.807, 2.05) is 0 Å². The predicted molar refractivity (Wildman–Crippen MR) is 87.1 cm³/mol. The average Bonchev–Trinajstić information content (AvgIpc) is 2.40. The first kappa shape index (κ1) is 17.2. The van der Waals surface area contributed by atoms with Gasteiger partial charge >= 0.3 is 0 Å². The molecule has 1 fully saturated rings. The Kier molecular flexibility index (Phi) is 5.69. The van der Waals surface area contributed by atoms with E-state index in [2.05, 4.69) is 0 Å². The van der Waals surface area contributed by atoms with Crippen LogP contribution in [-0.2, 0) is 9.05 Å². The molecule has 1 aliphatic carbocycles. The van der Waals surface area contributed by atoms with Crippen LogP contribution >= 0.6 is 33.9 Å². The molecule has 0 aromatic heterocycles. The third-order valence-electron chi connectivity index (χ3n) is 3.84. The Hall–Kier alpha value is -0.160. The molecule has 2 rings (SSSR count). The maximum atomic E-state index is 11.5. The fourth-order valence-electron chi connectivity index (χ4n) is 2.82. The Labute approximate surface area is 139 Å². The molecule has 0 spiro atoms. The zero-order chi connectivity index (χ0) is 15.5. The van der Waals surface area contributed by atoms with Gasteiger partial charge in [0.1, 0.15) is 10.8 Å². The lowest BCUT2D eigenvalue weighted by atomic mass is 9.76. The van der Waals surface area contributed by atoms with E-state index in [1.54, 1.807) is 18.2 Å². The van der Waals surface area contributed by atoms with Crippen molar-refractivity contribution in [1.82, 2.24) is 0 Å². The van der Waals surface area contributed by atoms with Gasteiger partial charge in [0, 0.05) is 16.1 Å². The molecule has 0 amide bonds. The molecule has 0 bridgehead atoms. The van der Waals surface area contributed by atoms with Crippen LogP contribution in [-0.4, -0.2) is 20.8 Å². The van der Waals surface area contributed by atoms with Crippen molar-refractivity contribution < 1.29 is 13.2 Å². The highest BCUT2D eigenvalue weighted by atomic mass is 35.7. The highest BCUT2D eigenvalue weighted by Crippen LogP contribution is 2.40. The third-order valence-corrected chi connectivity index (χ3v) is 5.93. The van der Waals surface area contributed by atoms with Gasteiger partial charge in [0.15, 0.2) is 0 Å². The minimum atomic E-state index is -3.57. The summed E-state index contributed by atoms with van der Waals surface area (Å²) < 4.78 is 28.8. The Bertz CT molecular complexity index is 595. The van der Waals surface area contributed by atoms with Gasteiger partial charge in [-0.25, -0.2) is 8.42 Å². The Morgan fingerprint density at radius 2 is 1.81 bits per heavy atom. The van der Waals surface area contributed by atoms with Gasteiger partial charge in [-0.2, -0.15) is 0 Å². The van der Waals surface area contributed by atoms with Gasteiger partial charge in [-0.3, -0.25) is 0 Å². The molecule has 1 saturated carbocycles. The smallest absolute Gasteiger partial charge is 0.233 e. The van der Waals surface area contributed by atoms with Crippen molar-refractivity contribution >= 4 is 42.9 Å². The van der Waals surface area contributed by atoms with Crippen molar-refractivity contribution in [3.8, 4) is 5.75 Å². The second-order valence-electron chi connectivity index (χ2n) is 5.58. The van der Waals surface area contributed by atoms with Crippen LogP contribution in [0.2, 0.25) is 10.0 Å². The van der Waals surface area contributed by atoms with Gasteiger partial charge in [-0.15, -0.1) is 0 Å². The number of rotatable bonds is 5. The molecule has 0 N–H and O–H groups in total. The van der Waals surface area contributed by atoms with Gasteiger partial charge in [0.2, 0.25) is 9.05 Å². The third kappa shape index (κ3) is 4.92. The van der Waals surface area contributed by atoms with Crippen LogP contribution in [0, 0.1) is 5.41 Å². The molecular formula is C14H17Cl3O3S. The molecule has 0 unspecified atom stereocenters. The Morgan fingerprint density at radius 1 is 1.14 bits per heavy atom. The summed E-state index contributed by atoms with van der Waals surface area (Å²) in [7, 11) is 1.89. The van der Waals surface area contributed by atoms with E-state index in [0.717, 1.165) is 32.1 Å². The molecule has 7 heteroatoms. The average molecular weight is 372 g/mol. The largest absolute Gasteiger partial charge is 0.491 e. The first-order valence-electron chi connectivity index (χ1n) is 6.81. The van der Waals surface area contributed by atoms with Crippen LogP contribution in [0.15, 0.2) is 18.2 Å². The molecule has 0 aliphatic heterocycles. The Morgan fingerprint density at radius 3 is 2.43 bits per heavy atom. The van der Waals surface area contributed by atoms with Crippen molar-refractivity contribution in [2.24, 2.45) is 5.41 Å². The van der Waals surface area contributed by atoms with Crippen LogP contribution in [0.5, 0.6) is 5.75 Å². The molecule has 0 heterocycles. The van der Waals surface area contributed by atoms with E-state index in [-0.39, 0.29) is 12.4 Å². The lowest BCUT2D eigenvalue weighted by Gasteiger charge is -2.36. The topological polar surface area (TPSA) is 43.4 Å². The molecule has 0 saturated heterocycles. The van der Waals surface area contributed by atoms with Crippen LogP contribution in [0.3, 0.4) is 0 Å². The lowest BCUT2D eigenvalue weighted by Crippen LogP contribution is -2.36. The molecule has 1 aromatic rings. The SMILES string of the molecule is O=S(=O)(Cl)CC1(COc2cccc(Cl)c2Cl)CCCCC1. The molecule has 3 nitrogen and oxygen atoms in total. The minimum absolute atomic E-state index is 0.0697. The normalized spacial score (nSPS) is 18.4. The van der Waals surface area contributed by atoms with Gasteiger partial charge in [0.05, 0.1) is 17.4 Å². The van der Waals surface area contributed by atoms with Crippen LogP contribution in [0.4, 0.5) is 0 Å². The first-order valence-corrected chi connectivity index (χ1v) is 10.0. The van der Waals surface area contributed by atoms with E-state index < -0.39 is 14.5 Å². The van der Waals surface area contributed by atoms with Crippen molar-refractivity contribution in [2.75, 3.05) is 12.4 Å². The van der Waals surface area contributed by atoms with E-state index in [1.165, 1.54) is 0 Å². The number of ether oxygens (including phenoxy) is 1. The second-order valence-corrected chi connectivity index (χ2v) is 9.15. The van der Waals surface area contributed by atoms with Crippen molar-refractivity contribution in [3.05, 3.63) is 28.2 Å². The fraction of sp³-hybridized carbons (Fsp3) is 0.571. The van der Waals surface area contributed by atoms with Gasteiger partial charge in [-0.1, -0.05) is 48.5 Å². The molecule has 118 valence electrons. The zero-order valence-electron chi connectivity index (χ0n) is 11.4. The van der Waals surface area contributed by atoms with Crippen molar-refractivity contribution in [1.29, 1.82) is 0 Å². The van der Waals surface area contributed by atoms with Crippen LogP contribution < -0.4 is 4.74 Å². The molecule has 1 aromatic carbocycles. The number of halogens is 3. The summed E-state index contributed by atoms with van der Waals surface area (Å²) in [6.07, 6.45) is 4.66. The summed E-state index contributed by atoms with van der Waals surface area (Å²) in [5.41, 5.74) is -0.440. The molecule has 0 radical (unpaired) electrons. The fourth-order valence-corrected chi connectivity index (χ4v) is 4.97. The highest BCUT2D eigenvalue weighted by Gasteiger charge is 2.37. The summed E-state index contributed by atoms with van der Waals surface area (Å²) in [6.45, 7) is 0.277. The second kappa shape index (κ2) is 6.95. The summed E-state index contributed by atoms with van der Waals surface area (Å²) in [5.74, 6) is 0.404. The summed E-state index contributed by atoms with van der Waals surface area (Å²) in [5, 5.41) is 0.760. The maximum absolute atomic E-state index is 11.5. The lowest BCUT2D eigenvalue weighted by molar-refractivity contribution is 0.119. The van der Waals surface area contributed by atoms with E-state index >= 15 is 0 Å². The van der Waals surface area contributed by atoms with Gasteiger partial charge < -0.3 is 4.74 Å². The van der Waals surface area contributed by atoms with Crippen molar-refractivity contribution in [3.63, 3.8) is 0 Å². The summed E-state index contributed by atoms with van der Waals surface area (Å²) >= 11 is 12.0. The highest BCUT2D eigenvalue weighted by molar-refractivity contribution is 8.13. The molecule has 21 heavy (non-hydrogen) atoms. The quantitative estimate of drug-likeness (QED) is 0.692. The number of hydrogen-bond acceptors (Lipinski definition) is 3. The monoisotopic (exact) mass is 370 g/mol. The van der Waals surface area contributed by atoms with Gasteiger partial charge in [-0.05, 0) is 25.0 Å². The number of benzene rings is 1. The van der Waals surface area contributed by atoms with E-state index in [0.29, 0.717) is 15.8 Å². The first-order chi connectivity index (χ1) is 9.81. The van der Waals surface area contributed by atoms with Crippen LogP contribution in [0.25, 0.3) is 0 Å². The predicted octanol–water partition coefficient (Wildman–Crippen LogP) is 4.89. The maximum Gasteiger partial charge on any atom is 0.233 e. The number of hydrogen-bond donors (Lipinski definition) is 0. The molecule has 1 aliphatic rings. The summed E-state index contributed by atoms with van der Waals surface area (Å²) in [4.78, 5) is 0. The zero-order valence-corrected chi connectivity index (χ0v) is 14.5.